The largest absolute Gasteiger partial charge is 0.573 e. The zero-order valence-electron chi connectivity index (χ0n) is 22.1. The third-order valence-electron chi connectivity index (χ3n) is 6.33. The molecule has 2 aromatic carbocycles. The van der Waals surface area contributed by atoms with Gasteiger partial charge in [0.05, 0.1) is 30.1 Å². The summed E-state index contributed by atoms with van der Waals surface area (Å²) in [5.74, 6) is 0.0403. The number of alkyl halides is 3. The van der Waals surface area contributed by atoms with E-state index in [1.54, 1.807) is 52.6 Å². The van der Waals surface area contributed by atoms with Gasteiger partial charge in [0.2, 0.25) is 0 Å². The minimum Gasteiger partial charge on any atom is -0.406 e. The van der Waals surface area contributed by atoms with Crippen LogP contribution in [-0.4, -0.2) is 76.6 Å². The number of urea groups is 1. The van der Waals surface area contributed by atoms with Gasteiger partial charge in [-0.2, -0.15) is 20.6 Å². The Morgan fingerprint density at radius 1 is 1.14 bits per heavy atom. The topological polar surface area (TPSA) is 115 Å². The highest BCUT2D eigenvalue weighted by molar-refractivity contribution is 6.30. The third kappa shape index (κ3) is 6.52. The summed E-state index contributed by atoms with van der Waals surface area (Å²) in [6.45, 7) is 0.415. The monoisotopic (exact) mass is 597 g/mol. The summed E-state index contributed by atoms with van der Waals surface area (Å²) < 4.78 is 43.3. The van der Waals surface area contributed by atoms with Crippen molar-refractivity contribution in [3.8, 4) is 11.8 Å². The number of amidine groups is 1. The van der Waals surface area contributed by atoms with E-state index in [0.717, 1.165) is 30.0 Å². The van der Waals surface area contributed by atoms with Gasteiger partial charge in [0.1, 0.15) is 18.3 Å². The van der Waals surface area contributed by atoms with Crippen LogP contribution in [0.25, 0.3) is 0 Å². The van der Waals surface area contributed by atoms with Crippen LogP contribution in [-0.2, 0) is 0 Å². The summed E-state index contributed by atoms with van der Waals surface area (Å²) >= 11 is 6.09. The van der Waals surface area contributed by atoms with Crippen molar-refractivity contribution >= 4 is 41.1 Å². The first-order chi connectivity index (χ1) is 20.1. The molecule has 0 bridgehead atoms. The van der Waals surface area contributed by atoms with Crippen LogP contribution in [0.4, 0.5) is 23.7 Å². The molecule has 0 saturated heterocycles. The second-order valence-corrected chi connectivity index (χ2v) is 9.71. The van der Waals surface area contributed by atoms with Gasteiger partial charge in [-0.3, -0.25) is 14.6 Å². The summed E-state index contributed by atoms with van der Waals surface area (Å²) in [6, 6.07) is 12.3. The van der Waals surface area contributed by atoms with Crippen LogP contribution in [0.2, 0.25) is 5.02 Å². The van der Waals surface area contributed by atoms with Gasteiger partial charge < -0.3 is 4.74 Å². The molecule has 2 aliphatic heterocycles. The van der Waals surface area contributed by atoms with Crippen molar-refractivity contribution in [3.05, 3.63) is 77.1 Å². The van der Waals surface area contributed by atoms with Crippen molar-refractivity contribution in [2.24, 2.45) is 15.2 Å². The Morgan fingerprint density at radius 2 is 1.88 bits per heavy atom. The molecule has 15 heteroatoms. The van der Waals surface area contributed by atoms with Crippen LogP contribution in [0.3, 0.4) is 0 Å². The summed E-state index contributed by atoms with van der Waals surface area (Å²) in [4.78, 5) is 19.2. The molecule has 11 nitrogen and oxygen atoms in total. The fourth-order valence-corrected chi connectivity index (χ4v) is 4.51. The van der Waals surface area contributed by atoms with E-state index >= 15 is 0 Å². The fraction of sp³-hybridized carbons (Fsp3) is 0.259. The normalized spacial score (nSPS) is 16.9. The first-order valence-electron chi connectivity index (χ1n) is 12.6. The number of anilines is 1. The van der Waals surface area contributed by atoms with Gasteiger partial charge in [0.25, 0.3) is 0 Å². The van der Waals surface area contributed by atoms with Crippen LogP contribution >= 0.6 is 11.6 Å². The zero-order chi connectivity index (χ0) is 29.9. The van der Waals surface area contributed by atoms with Gasteiger partial charge in [-0.1, -0.05) is 23.7 Å². The Hall–Kier alpha value is -4.90. The molecule has 2 aliphatic rings. The SMILES string of the molecule is CN1CCC=NC(c2cnn(C3CN(C(=O)N(CC#N)c4ccc(OC(F)(F)F)cc4)N=C3c3ccc(Cl)cc3)c2)=N1. The highest BCUT2D eigenvalue weighted by Gasteiger charge is 2.36. The maximum absolute atomic E-state index is 13.7. The number of hydrogen-bond donors (Lipinski definition) is 0. The first kappa shape index (κ1) is 28.6. The molecule has 0 spiro atoms. The number of ether oxygens (including phenoxy) is 1. The predicted octanol–water partition coefficient (Wildman–Crippen LogP) is 4.91. The maximum atomic E-state index is 13.7. The third-order valence-corrected chi connectivity index (χ3v) is 6.58. The van der Waals surface area contributed by atoms with E-state index in [1.165, 1.54) is 17.1 Å². The van der Waals surface area contributed by atoms with Gasteiger partial charge >= 0.3 is 12.4 Å². The number of aromatic nitrogens is 2. The van der Waals surface area contributed by atoms with Crippen LogP contribution in [0.5, 0.6) is 5.75 Å². The van der Waals surface area contributed by atoms with Crippen molar-refractivity contribution in [2.45, 2.75) is 18.8 Å². The Morgan fingerprint density at radius 3 is 2.57 bits per heavy atom. The molecule has 5 rings (SSSR count). The van der Waals surface area contributed by atoms with E-state index < -0.39 is 24.2 Å². The first-order valence-corrected chi connectivity index (χ1v) is 13.0. The highest BCUT2D eigenvalue weighted by atomic mass is 35.5. The number of hydrogen-bond acceptors (Lipinski definition) is 8. The van der Waals surface area contributed by atoms with E-state index in [2.05, 4.69) is 25.0 Å². The number of nitrogens with zero attached hydrogens (tertiary/aromatic N) is 9. The lowest BCUT2D eigenvalue weighted by Crippen LogP contribution is -2.41. The lowest BCUT2D eigenvalue weighted by atomic mass is 10.0. The number of nitriles is 1. The van der Waals surface area contributed by atoms with Crippen LogP contribution < -0.4 is 9.64 Å². The van der Waals surface area contributed by atoms with Gasteiger partial charge in [0, 0.05) is 48.7 Å². The fourth-order valence-electron chi connectivity index (χ4n) is 4.38. The van der Waals surface area contributed by atoms with E-state index in [-0.39, 0.29) is 18.8 Å². The molecule has 3 heterocycles. The molecule has 42 heavy (non-hydrogen) atoms. The average molecular weight is 598 g/mol. The molecule has 0 saturated carbocycles. The molecular formula is C27H23ClF3N9O2. The summed E-state index contributed by atoms with van der Waals surface area (Å²) in [5.41, 5.74) is 2.08. The van der Waals surface area contributed by atoms with Crippen molar-refractivity contribution < 1.29 is 22.7 Å². The van der Waals surface area contributed by atoms with Crippen LogP contribution in [0, 0.1) is 11.3 Å². The Labute approximate surface area is 243 Å². The number of rotatable bonds is 6. The molecule has 0 radical (unpaired) electrons. The van der Waals surface area contributed by atoms with E-state index in [1.807, 2.05) is 13.1 Å². The number of benzene rings is 2. The van der Waals surface area contributed by atoms with E-state index in [0.29, 0.717) is 27.7 Å². The summed E-state index contributed by atoms with van der Waals surface area (Å²) in [5, 5.41) is 26.6. The number of carbonyl (C=O) groups excluding carboxylic acids is 1. The standard InChI is InChI=1S/C27H23ClF3N9O2/c1-37-13-2-12-33-25(36-37)19-15-34-39(16-19)23-17-40(35-24(23)18-3-5-20(28)6-4-18)26(41)38(14-11-32)21-7-9-22(10-8-21)42-27(29,30)31/h3-10,12,15-16,23H,2,13-14,17H2,1H3. The number of carbonyl (C=O) groups is 1. The van der Waals surface area contributed by atoms with Crippen LogP contribution in [0.1, 0.15) is 23.6 Å². The van der Waals surface area contributed by atoms with E-state index in [9.17, 15) is 23.2 Å². The Balaban J connectivity index is 1.45. The van der Waals surface area contributed by atoms with Gasteiger partial charge in [-0.25, -0.2) is 14.8 Å². The molecule has 216 valence electrons. The van der Waals surface area contributed by atoms with Gasteiger partial charge in [-0.15, -0.1) is 13.2 Å². The molecule has 2 amide bonds. The van der Waals surface area contributed by atoms with Crippen molar-refractivity contribution in [2.75, 3.05) is 31.6 Å². The number of aliphatic imine (C=N–C) groups is 1. The van der Waals surface area contributed by atoms with Crippen molar-refractivity contribution in [3.63, 3.8) is 0 Å². The lowest BCUT2D eigenvalue weighted by Gasteiger charge is -2.24. The maximum Gasteiger partial charge on any atom is 0.573 e. The highest BCUT2D eigenvalue weighted by Crippen LogP contribution is 2.29. The summed E-state index contributed by atoms with van der Waals surface area (Å²) in [7, 11) is 1.86. The molecule has 0 aliphatic carbocycles. The molecule has 1 unspecified atom stereocenters. The Kier molecular flexibility index (Phi) is 8.12. The lowest BCUT2D eigenvalue weighted by molar-refractivity contribution is -0.274. The predicted molar refractivity (Wildman–Crippen MR) is 150 cm³/mol. The second-order valence-electron chi connectivity index (χ2n) is 9.27. The molecule has 1 atom stereocenters. The number of halogens is 4. The average Bonchev–Trinajstić information content (AvgIpc) is 3.56. The quantitative estimate of drug-likeness (QED) is 0.374. The smallest absolute Gasteiger partial charge is 0.406 e. The van der Waals surface area contributed by atoms with Gasteiger partial charge in [-0.05, 0) is 36.4 Å². The number of hydrazone groups is 2. The minimum atomic E-state index is -4.86. The van der Waals surface area contributed by atoms with E-state index in [4.69, 9.17) is 11.6 Å². The zero-order valence-corrected chi connectivity index (χ0v) is 22.9. The summed E-state index contributed by atoms with van der Waals surface area (Å²) in [6.07, 6.45) is 1.08. The number of amides is 2. The van der Waals surface area contributed by atoms with Gasteiger partial charge in [0.15, 0.2) is 5.84 Å². The molecule has 0 fully saturated rings. The van der Waals surface area contributed by atoms with Crippen LogP contribution in [0.15, 0.2) is 76.1 Å². The molecular weight excluding hydrogens is 575 g/mol. The minimum absolute atomic E-state index is 0.0603. The molecule has 0 N–H and O–H groups in total. The molecule has 3 aromatic rings. The molecule has 1 aromatic heterocycles. The van der Waals surface area contributed by atoms with Crippen molar-refractivity contribution in [1.82, 2.24) is 19.8 Å². The second kappa shape index (κ2) is 11.9. The Bertz CT molecular complexity index is 1580. The van der Waals surface area contributed by atoms with Crippen molar-refractivity contribution in [1.29, 1.82) is 5.26 Å².